The monoisotopic (exact) mass is 617 g/mol. The molecule has 0 spiro atoms. The van der Waals surface area contributed by atoms with Crippen molar-refractivity contribution in [2.45, 2.75) is 26.0 Å². The first kappa shape index (κ1) is 30.7. The number of ether oxygens (including phenoxy) is 2. The second kappa shape index (κ2) is 13.6. The van der Waals surface area contributed by atoms with Gasteiger partial charge in [-0.3, -0.25) is 4.90 Å². The lowest BCUT2D eigenvalue weighted by molar-refractivity contribution is -0.138. The lowest BCUT2D eigenvalue weighted by Gasteiger charge is -2.26. The summed E-state index contributed by atoms with van der Waals surface area (Å²) < 4.78 is 16.8. The summed E-state index contributed by atoms with van der Waals surface area (Å²) in [5.74, 6) is -2.11. The molecular formula is C27H28ClN5O8S. The van der Waals surface area contributed by atoms with Crippen molar-refractivity contribution in [2.24, 2.45) is 0 Å². The molecular weight excluding hydrogens is 590 g/mol. The number of pyridine rings is 2. The number of benzene rings is 1. The van der Waals surface area contributed by atoms with Gasteiger partial charge in [0.1, 0.15) is 34.7 Å². The van der Waals surface area contributed by atoms with E-state index in [0.717, 1.165) is 0 Å². The smallest absolute Gasteiger partial charge is 0.326 e. The van der Waals surface area contributed by atoms with Gasteiger partial charge in [-0.1, -0.05) is 22.8 Å². The van der Waals surface area contributed by atoms with Crippen molar-refractivity contribution >= 4 is 41.2 Å². The molecule has 3 aromatic heterocycles. The zero-order valence-electron chi connectivity index (χ0n) is 22.8. The quantitative estimate of drug-likeness (QED) is 0.159. The molecule has 4 N–H and O–H groups in total. The molecule has 0 saturated carbocycles. The number of halogens is 1. The highest BCUT2D eigenvalue weighted by atomic mass is 35.5. The van der Waals surface area contributed by atoms with Gasteiger partial charge in [0.05, 0.1) is 35.6 Å². The Hall–Kier alpha value is -4.27. The number of thioether (sulfide) groups is 1. The van der Waals surface area contributed by atoms with Crippen molar-refractivity contribution in [3.8, 4) is 45.7 Å². The summed E-state index contributed by atoms with van der Waals surface area (Å²) in [6.07, 6.45) is 3.39. The molecule has 0 bridgehead atoms. The fourth-order valence-corrected chi connectivity index (χ4v) is 4.79. The van der Waals surface area contributed by atoms with Crippen LogP contribution in [0.5, 0.6) is 23.1 Å². The maximum absolute atomic E-state index is 12.3. The summed E-state index contributed by atoms with van der Waals surface area (Å²) >= 11 is 7.46. The number of carbonyl (C=O) groups is 1. The van der Waals surface area contributed by atoms with Gasteiger partial charge in [-0.2, -0.15) is 11.8 Å². The van der Waals surface area contributed by atoms with Gasteiger partial charge in [0.15, 0.2) is 0 Å². The van der Waals surface area contributed by atoms with Crippen LogP contribution in [0, 0.1) is 0 Å². The topological polar surface area (TPSA) is 184 Å². The highest BCUT2D eigenvalue weighted by Gasteiger charge is 2.34. The molecule has 3 heterocycles. The minimum absolute atomic E-state index is 0.00515. The van der Waals surface area contributed by atoms with Crippen LogP contribution < -0.4 is 9.64 Å². The Labute approximate surface area is 249 Å². The van der Waals surface area contributed by atoms with Gasteiger partial charge in [-0.25, -0.2) is 14.8 Å². The molecule has 0 unspecified atom stereocenters. The molecule has 4 rings (SSSR count). The molecule has 0 aliphatic carbocycles. The summed E-state index contributed by atoms with van der Waals surface area (Å²) in [4.78, 5) is 22.0. The normalized spacial score (nSPS) is 11.8. The standard InChI is InChI=1S/C27H28ClN5O8S/c1-4-40-13-15-20(21-17(34)6-5-7-18(21)39-2)23(35)22(24(36)30-15)25-31-32-27(41-25)33(16(26(37)38)10-11-42-3)19-9-8-14(28)12-29-19/h5-9,12,16,34H,4,10-11,13H2,1-3H3,(H,37,38)(H2,30,35,36)/t16-/m0/s1. The SMILES string of the molecule is CCOCc1nc(O)c(-c2nnc(N(c3ccc(Cl)cn3)[C@@H](CCSC)C(=O)O)o2)c(O)c1-c1c(O)cccc1OC. The van der Waals surface area contributed by atoms with E-state index >= 15 is 0 Å². The second-order valence-corrected chi connectivity index (χ2v) is 10.1. The van der Waals surface area contributed by atoms with Gasteiger partial charge in [0.25, 0.3) is 5.89 Å². The number of anilines is 2. The van der Waals surface area contributed by atoms with Crippen LogP contribution in [0.1, 0.15) is 19.0 Å². The summed E-state index contributed by atoms with van der Waals surface area (Å²) in [6, 6.07) is 6.15. The maximum atomic E-state index is 12.3. The number of hydrogen-bond acceptors (Lipinski definition) is 13. The Balaban J connectivity index is 1.91. The van der Waals surface area contributed by atoms with E-state index in [-0.39, 0.29) is 64.6 Å². The number of methoxy groups -OCH3 is 1. The molecule has 0 amide bonds. The van der Waals surface area contributed by atoms with Crippen LogP contribution >= 0.6 is 23.4 Å². The average Bonchev–Trinajstić information content (AvgIpc) is 3.44. The number of rotatable bonds is 13. The third kappa shape index (κ3) is 6.30. The summed E-state index contributed by atoms with van der Waals surface area (Å²) in [6.45, 7) is 1.95. The Bertz CT molecular complexity index is 1550. The van der Waals surface area contributed by atoms with Crippen LogP contribution in [0.3, 0.4) is 0 Å². The lowest BCUT2D eigenvalue weighted by Crippen LogP contribution is -2.39. The first-order chi connectivity index (χ1) is 20.2. The van der Waals surface area contributed by atoms with E-state index in [4.69, 9.17) is 25.5 Å². The van der Waals surface area contributed by atoms with E-state index in [1.54, 1.807) is 19.1 Å². The van der Waals surface area contributed by atoms with Crippen LogP contribution in [0.2, 0.25) is 5.02 Å². The zero-order chi connectivity index (χ0) is 30.4. The number of aliphatic carboxylic acids is 1. The summed E-state index contributed by atoms with van der Waals surface area (Å²) in [7, 11) is 1.39. The lowest BCUT2D eigenvalue weighted by atomic mass is 9.98. The van der Waals surface area contributed by atoms with E-state index in [1.807, 2.05) is 6.26 Å². The molecule has 1 aromatic carbocycles. The molecule has 0 aliphatic rings. The predicted octanol–water partition coefficient (Wildman–Crippen LogP) is 4.85. The van der Waals surface area contributed by atoms with E-state index in [2.05, 4.69) is 20.2 Å². The van der Waals surface area contributed by atoms with Gasteiger partial charge in [-0.05, 0) is 49.6 Å². The van der Waals surface area contributed by atoms with Crippen molar-refractivity contribution in [1.82, 2.24) is 20.2 Å². The zero-order valence-corrected chi connectivity index (χ0v) is 24.4. The second-order valence-electron chi connectivity index (χ2n) is 8.70. The number of aromatic hydroxyl groups is 3. The van der Waals surface area contributed by atoms with Crippen LogP contribution in [-0.4, -0.2) is 78.3 Å². The molecule has 0 aliphatic heterocycles. The van der Waals surface area contributed by atoms with Crippen LogP contribution in [-0.2, 0) is 16.1 Å². The first-order valence-corrected chi connectivity index (χ1v) is 14.3. The van der Waals surface area contributed by atoms with Crippen molar-refractivity contribution in [1.29, 1.82) is 0 Å². The van der Waals surface area contributed by atoms with Crippen molar-refractivity contribution in [3.05, 3.63) is 47.2 Å². The van der Waals surface area contributed by atoms with E-state index in [9.17, 15) is 25.2 Å². The Kier molecular flexibility index (Phi) is 9.93. The van der Waals surface area contributed by atoms with Gasteiger partial charge in [0, 0.05) is 12.8 Å². The number of aromatic nitrogens is 4. The highest BCUT2D eigenvalue weighted by molar-refractivity contribution is 7.98. The Morgan fingerprint density at radius 2 is 1.93 bits per heavy atom. The molecule has 15 heteroatoms. The van der Waals surface area contributed by atoms with Crippen LogP contribution in [0.25, 0.3) is 22.6 Å². The number of hydrogen-bond donors (Lipinski definition) is 4. The molecule has 4 aromatic rings. The predicted molar refractivity (Wildman–Crippen MR) is 156 cm³/mol. The van der Waals surface area contributed by atoms with Gasteiger partial charge >= 0.3 is 12.0 Å². The number of carboxylic acids is 1. The fourth-order valence-electron chi connectivity index (χ4n) is 4.22. The van der Waals surface area contributed by atoms with Crippen molar-refractivity contribution < 1.29 is 39.1 Å². The largest absolute Gasteiger partial charge is 0.507 e. The summed E-state index contributed by atoms with van der Waals surface area (Å²) in [5, 5.41) is 51.6. The van der Waals surface area contributed by atoms with E-state index in [1.165, 1.54) is 48.2 Å². The average molecular weight is 618 g/mol. The van der Waals surface area contributed by atoms with E-state index < -0.39 is 23.6 Å². The fraction of sp³-hybridized carbons (Fsp3) is 0.296. The Morgan fingerprint density at radius 1 is 1.14 bits per heavy atom. The highest BCUT2D eigenvalue weighted by Crippen LogP contribution is 2.49. The molecule has 0 fully saturated rings. The number of phenolic OH excluding ortho intramolecular Hbond substituents is 1. The molecule has 1 atom stereocenters. The Morgan fingerprint density at radius 3 is 2.57 bits per heavy atom. The molecule has 0 saturated heterocycles. The first-order valence-electron chi connectivity index (χ1n) is 12.6. The molecule has 42 heavy (non-hydrogen) atoms. The molecule has 13 nitrogen and oxygen atoms in total. The van der Waals surface area contributed by atoms with Crippen molar-refractivity contribution in [3.63, 3.8) is 0 Å². The molecule has 0 radical (unpaired) electrons. The van der Waals surface area contributed by atoms with E-state index in [0.29, 0.717) is 17.4 Å². The van der Waals surface area contributed by atoms with Crippen LogP contribution in [0.4, 0.5) is 11.8 Å². The number of phenols is 1. The minimum Gasteiger partial charge on any atom is -0.507 e. The minimum atomic E-state index is -1.16. The number of carboxylic acid groups (broad SMARTS) is 1. The van der Waals surface area contributed by atoms with Gasteiger partial charge < -0.3 is 34.3 Å². The van der Waals surface area contributed by atoms with Gasteiger partial charge in [-0.15, -0.1) is 5.10 Å². The number of nitrogens with zero attached hydrogens (tertiary/aromatic N) is 5. The van der Waals surface area contributed by atoms with Crippen LogP contribution in [0.15, 0.2) is 40.9 Å². The van der Waals surface area contributed by atoms with Gasteiger partial charge in [0.2, 0.25) is 5.88 Å². The van der Waals surface area contributed by atoms with Crippen molar-refractivity contribution in [2.75, 3.05) is 30.6 Å². The summed E-state index contributed by atoms with van der Waals surface area (Å²) in [5.41, 5.74) is -0.152. The maximum Gasteiger partial charge on any atom is 0.326 e. The molecule has 222 valence electrons. The third-order valence-electron chi connectivity index (χ3n) is 6.13. The third-order valence-corrected chi connectivity index (χ3v) is 7.00.